The van der Waals surface area contributed by atoms with Crippen LogP contribution in [0.2, 0.25) is 0 Å². The average Bonchev–Trinajstić information content (AvgIpc) is 2.29. The molecule has 86 valence electrons. The molecule has 0 aromatic carbocycles. The highest BCUT2D eigenvalue weighted by atomic mass is 32.2. The van der Waals surface area contributed by atoms with Crippen molar-refractivity contribution in [3.63, 3.8) is 0 Å². The predicted molar refractivity (Wildman–Crippen MR) is 57.5 cm³/mol. The number of hydrogen-bond acceptors (Lipinski definition) is 5. The second kappa shape index (κ2) is 5.53. The van der Waals surface area contributed by atoms with Crippen LogP contribution in [0, 0.1) is 11.3 Å². The maximum absolute atomic E-state index is 11.6. The summed E-state index contributed by atoms with van der Waals surface area (Å²) in [6, 6.07) is 5.06. The zero-order valence-electron chi connectivity index (χ0n) is 8.79. The molecule has 1 N–H and O–H groups in total. The van der Waals surface area contributed by atoms with E-state index in [4.69, 9.17) is 5.26 Å². The maximum atomic E-state index is 11.6. The Balaban J connectivity index is 2.66. The van der Waals surface area contributed by atoms with Crippen LogP contribution < -0.4 is 4.72 Å². The first-order valence-electron chi connectivity index (χ1n) is 4.75. The topological polar surface area (TPSA) is 95.7 Å². The second-order valence-corrected chi connectivity index (χ2v) is 5.05. The van der Waals surface area contributed by atoms with E-state index in [-0.39, 0.29) is 13.0 Å². The number of nitriles is 1. The summed E-state index contributed by atoms with van der Waals surface area (Å²) in [5.74, 6) is 0. The molecule has 0 saturated carbocycles. The fraction of sp³-hybridized carbons (Fsp3) is 0.444. The van der Waals surface area contributed by atoms with E-state index in [1.54, 1.807) is 25.1 Å². The van der Waals surface area contributed by atoms with E-state index in [0.717, 1.165) is 0 Å². The van der Waals surface area contributed by atoms with Crippen molar-refractivity contribution >= 4 is 10.0 Å². The molecule has 0 aliphatic rings. The molecule has 0 spiro atoms. The molecule has 1 unspecified atom stereocenters. The van der Waals surface area contributed by atoms with Crippen molar-refractivity contribution in [3.05, 3.63) is 24.0 Å². The first kappa shape index (κ1) is 12.5. The molecule has 0 bridgehead atoms. The van der Waals surface area contributed by atoms with Crippen LogP contribution in [-0.2, 0) is 16.6 Å². The van der Waals surface area contributed by atoms with Crippen molar-refractivity contribution in [2.75, 3.05) is 0 Å². The third-order valence-electron chi connectivity index (χ3n) is 1.97. The van der Waals surface area contributed by atoms with Crippen LogP contribution in [0.25, 0.3) is 0 Å². The van der Waals surface area contributed by atoms with Gasteiger partial charge in [-0.25, -0.2) is 13.1 Å². The highest BCUT2D eigenvalue weighted by Crippen LogP contribution is 2.03. The second-order valence-electron chi connectivity index (χ2n) is 3.11. The lowest BCUT2D eigenvalue weighted by molar-refractivity contribution is 0.571. The Hall–Kier alpha value is -1.52. The van der Waals surface area contributed by atoms with E-state index >= 15 is 0 Å². The number of aromatic nitrogens is 2. The summed E-state index contributed by atoms with van der Waals surface area (Å²) in [6.45, 7) is 1.70. The fourth-order valence-electron chi connectivity index (χ4n) is 1.08. The summed E-state index contributed by atoms with van der Waals surface area (Å²) >= 11 is 0. The van der Waals surface area contributed by atoms with Gasteiger partial charge in [-0.1, -0.05) is 6.92 Å². The molecular formula is C9H12N4O2S. The van der Waals surface area contributed by atoms with Gasteiger partial charge in [-0.2, -0.15) is 15.5 Å². The van der Waals surface area contributed by atoms with E-state index in [9.17, 15) is 8.42 Å². The van der Waals surface area contributed by atoms with Gasteiger partial charge in [-0.05, 0) is 18.6 Å². The molecule has 6 nitrogen and oxygen atoms in total. The molecule has 0 amide bonds. The lowest BCUT2D eigenvalue weighted by Crippen LogP contribution is -2.32. The first-order chi connectivity index (χ1) is 7.60. The minimum absolute atomic E-state index is 0.0500. The zero-order valence-corrected chi connectivity index (χ0v) is 9.61. The molecule has 1 atom stereocenters. The normalized spacial score (nSPS) is 13.0. The van der Waals surface area contributed by atoms with E-state index in [0.29, 0.717) is 5.69 Å². The third kappa shape index (κ3) is 3.25. The van der Waals surface area contributed by atoms with E-state index in [2.05, 4.69) is 14.9 Å². The van der Waals surface area contributed by atoms with Crippen molar-refractivity contribution in [1.82, 2.24) is 14.9 Å². The van der Waals surface area contributed by atoms with Crippen LogP contribution >= 0.6 is 0 Å². The number of nitrogens with one attached hydrogen (secondary N) is 1. The predicted octanol–water partition coefficient (Wildman–Crippen LogP) is 0.198. The zero-order chi connectivity index (χ0) is 12.0. The van der Waals surface area contributed by atoms with Crippen molar-refractivity contribution in [2.45, 2.75) is 25.1 Å². The van der Waals surface area contributed by atoms with Gasteiger partial charge in [0.05, 0.1) is 18.3 Å². The van der Waals surface area contributed by atoms with E-state index in [1.807, 2.05) is 0 Å². The molecule has 1 aromatic rings. The van der Waals surface area contributed by atoms with Gasteiger partial charge in [0.15, 0.2) is 5.25 Å². The van der Waals surface area contributed by atoms with Crippen LogP contribution in [0.15, 0.2) is 18.3 Å². The lowest BCUT2D eigenvalue weighted by Gasteiger charge is -2.08. The molecule has 1 heterocycles. The number of rotatable bonds is 5. The van der Waals surface area contributed by atoms with Crippen molar-refractivity contribution < 1.29 is 8.42 Å². The Morgan fingerprint density at radius 3 is 2.88 bits per heavy atom. The largest absolute Gasteiger partial charge is 0.228 e. The van der Waals surface area contributed by atoms with Gasteiger partial charge in [-0.15, -0.1) is 0 Å². The van der Waals surface area contributed by atoms with Crippen LogP contribution in [0.1, 0.15) is 19.0 Å². The van der Waals surface area contributed by atoms with Crippen LogP contribution in [-0.4, -0.2) is 23.9 Å². The molecule has 0 aliphatic carbocycles. The van der Waals surface area contributed by atoms with Gasteiger partial charge in [0.1, 0.15) is 0 Å². The number of nitrogens with zero attached hydrogens (tertiary/aromatic N) is 3. The molecule has 0 fully saturated rings. The Labute approximate surface area is 94.4 Å². The molecular weight excluding hydrogens is 228 g/mol. The molecule has 1 rings (SSSR count). The summed E-state index contributed by atoms with van der Waals surface area (Å²) in [5, 5.41) is 15.0. The van der Waals surface area contributed by atoms with Crippen molar-refractivity contribution in [1.29, 1.82) is 5.26 Å². The third-order valence-corrected chi connectivity index (χ3v) is 3.71. The van der Waals surface area contributed by atoms with Gasteiger partial charge < -0.3 is 0 Å². The highest BCUT2D eigenvalue weighted by molar-refractivity contribution is 7.90. The van der Waals surface area contributed by atoms with Gasteiger partial charge in [0, 0.05) is 6.20 Å². The van der Waals surface area contributed by atoms with E-state index in [1.165, 1.54) is 6.20 Å². The summed E-state index contributed by atoms with van der Waals surface area (Å²) < 4.78 is 25.5. The van der Waals surface area contributed by atoms with E-state index < -0.39 is 15.3 Å². The highest BCUT2D eigenvalue weighted by Gasteiger charge is 2.22. The Morgan fingerprint density at radius 1 is 1.62 bits per heavy atom. The van der Waals surface area contributed by atoms with Crippen molar-refractivity contribution in [3.8, 4) is 6.07 Å². The fourth-order valence-corrected chi connectivity index (χ4v) is 2.21. The Kier molecular flexibility index (Phi) is 4.34. The Bertz CT molecular complexity index is 466. The quantitative estimate of drug-likeness (QED) is 0.793. The monoisotopic (exact) mass is 240 g/mol. The molecule has 0 radical (unpaired) electrons. The molecule has 7 heteroatoms. The number of sulfonamides is 1. The van der Waals surface area contributed by atoms with Crippen molar-refractivity contribution in [2.24, 2.45) is 0 Å². The summed E-state index contributed by atoms with van der Waals surface area (Å²) in [7, 11) is -3.60. The Morgan fingerprint density at radius 2 is 2.38 bits per heavy atom. The van der Waals surface area contributed by atoms with Gasteiger partial charge in [0.2, 0.25) is 10.0 Å². The number of hydrogen-bond donors (Lipinski definition) is 1. The molecule has 1 aromatic heterocycles. The molecule has 0 saturated heterocycles. The average molecular weight is 240 g/mol. The summed E-state index contributed by atoms with van der Waals surface area (Å²) in [5.41, 5.74) is 0.513. The standard InChI is InChI=1S/C9H12N4O2S/c1-2-9(6-10)16(14,15)12-7-8-4-3-5-11-13-8/h3-5,9,12H,2,7H2,1H3. The van der Waals surface area contributed by atoms with Gasteiger partial charge in [0.25, 0.3) is 0 Å². The van der Waals surface area contributed by atoms with Crippen LogP contribution in [0.4, 0.5) is 0 Å². The van der Waals surface area contributed by atoms with Gasteiger partial charge in [-0.3, -0.25) is 0 Å². The summed E-state index contributed by atoms with van der Waals surface area (Å²) in [4.78, 5) is 0. The minimum atomic E-state index is -3.60. The molecule has 0 aliphatic heterocycles. The first-order valence-corrected chi connectivity index (χ1v) is 6.29. The lowest BCUT2D eigenvalue weighted by atomic mass is 10.4. The smallest absolute Gasteiger partial charge is 0.211 e. The minimum Gasteiger partial charge on any atom is -0.211 e. The molecule has 16 heavy (non-hydrogen) atoms. The van der Waals surface area contributed by atoms with Crippen LogP contribution in [0.3, 0.4) is 0 Å². The SMILES string of the molecule is CCC(C#N)S(=O)(=O)NCc1cccnn1. The van der Waals surface area contributed by atoms with Gasteiger partial charge >= 0.3 is 0 Å². The maximum Gasteiger partial charge on any atom is 0.228 e. The van der Waals surface area contributed by atoms with Crippen LogP contribution in [0.5, 0.6) is 0 Å². The summed E-state index contributed by atoms with van der Waals surface area (Å²) in [6.07, 6.45) is 1.76.